The van der Waals surface area contributed by atoms with E-state index in [0.717, 1.165) is 4.90 Å². The molecule has 0 bridgehead atoms. The van der Waals surface area contributed by atoms with Crippen molar-refractivity contribution in [2.45, 2.75) is 147 Å². The number of likely N-dealkylation sites (tertiary alicyclic amines) is 1. The minimum absolute atomic E-state index is 0. The van der Waals surface area contributed by atoms with Crippen LogP contribution in [0.3, 0.4) is 0 Å². The van der Waals surface area contributed by atoms with Crippen molar-refractivity contribution in [3.05, 3.63) is 0 Å². The quantitative estimate of drug-likeness (QED) is 0.110. The van der Waals surface area contributed by atoms with Crippen molar-refractivity contribution in [1.82, 2.24) is 10.2 Å². The van der Waals surface area contributed by atoms with Crippen LogP contribution in [0.15, 0.2) is 0 Å². The molecule has 272 valence electrons. The molecule has 6 atom stereocenters. The molecule has 3 saturated heterocycles. The van der Waals surface area contributed by atoms with Crippen LogP contribution in [0, 0.1) is 0 Å². The number of nitrogens with zero attached hydrogens (tertiary/aromatic N) is 1. The zero-order valence-electron chi connectivity index (χ0n) is 28.1. The predicted octanol–water partition coefficient (Wildman–Crippen LogP) is -0.233. The van der Waals surface area contributed by atoms with Crippen LogP contribution in [0.4, 0.5) is 4.79 Å². The highest BCUT2D eigenvalue weighted by Gasteiger charge is 2.59. The zero-order chi connectivity index (χ0) is 35.5. The predicted molar refractivity (Wildman–Crippen MR) is 171 cm³/mol. The third-order valence-electron chi connectivity index (χ3n) is 8.98. The van der Waals surface area contributed by atoms with Crippen molar-refractivity contribution in [3.8, 4) is 0 Å². The number of hydrogen-bond donors (Lipinski definition) is 8. The fourth-order valence-electron chi connectivity index (χ4n) is 5.74. The minimum atomic E-state index is -1.87. The van der Waals surface area contributed by atoms with Gasteiger partial charge in [-0.3, -0.25) is 15.0 Å². The van der Waals surface area contributed by atoms with E-state index in [2.05, 4.69) is 5.32 Å². The molecule has 3 rings (SSSR count). The summed E-state index contributed by atoms with van der Waals surface area (Å²) < 4.78 is 22.1. The van der Waals surface area contributed by atoms with Gasteiger partial charge in [0, 0.05) is 6.54 Å². The molecule has 16 nitrogen and oxygen atoms in total. The normalized spacial score (nSPS) is 31.0. The molecule has 8 N–H and O–H groups in total. The Labute approximate surface area is 278 Å². The lowest BCUT2D eigenvalue weighted by molar-refractivity contribution is -0.157. The standard InChI is InChI=1S/C20H36BNO8.C8H16BNO6.CH4/c1-17(2,3)28-16(25)22-12-13(23)20(26,14(22)15(24)27-8)10-9-11-21-29-18(4,5)19(6,7)30-21;11-5-4-10-6(7(12)13)8(5,14)2-1-3-9(15)16;/h13-14,23,26H,9-12H2,1-8H3;5-6,10-11,14-16H,1-4H2,(H,12,13);1H4/t13-,14+,20-;5-,6+,8-;/m00./s1. The van der Waals surface area contributed by atoms with Gasteiger partial charge in [-0.2, -0.15) is 0 Å². The maximum Gasteiger partial charge on any atom is 0.457 e. The number of aliphatic hydroxyl groups excluding tert-OH is 2. The smallest absolute Gasteiger partial charge is 0.457 e. The number of amides is 1. The number of aliphatic hydroxyl groups is 4. The van der Waals surface area contributed by atoms with E-state index in [0.29, 0.717) is 12.7 Å². The van der Waals surface area contributed by atoms with Crippen LogP contribution in [-0.2, 0) is 28.4 Å². The minimum Gasteiger partial charge on any atom is -0.480 e. The van der Waals surface area contributed by atoms with Crippen LogP contribution in [0.2, 0.25) is 12.6 Å². The van der Waals surface area contributed by atoms with Crippen LogP contribution in [0.5, 0.6) is 0 Å². The highest BCUT2D eigenvalue weighted by molar-refractivity contribution is 6.45. The highest BCUT2D eigenvalue weighted by atomic mass is 16.7. The number of β-amino-alcohol motifs (C(OH)–C–C–N with tert-alkyl or cyclic N) is 2. The lowest BCUT2D eigenvalue weighted by Crippen LogP contribution is -2.55. The molecule has 0 radical (unpaired) electrons. The molecular weight excluding hydrogens is 622 g/mol. The van der Waals surface area contributed by atoms with Gasteiger partial charge >= 0.3 is 32.3 Å². The molecule has 3 aliphatic heterocycles. The Morgan fingerprint density at radius 3 is 1.98 bits per heavy atom. The third-order valence-corrected chi connectivity index (χ3v) is 8.98. The zero-order valence-corrected chi connectivity index (χ0v) is 28.1. The van der Waals surface area contributed by atoms with Gasteiger partial charge < -0.3 is 54.4 Å². The first kappa shape index (κ1) is 43.0. The van der Waals surface area contributed by atoms with Gasteiger partial charge in [-0.15, -0.1) is 0 Å². The maximum atomic E-state index is 12.6. The Morgan fingerprint density at radius 1 is 0.979 bits per heavy atom. The summed E-state index contributed by atoms with van der Waals surface area (Å²) in [6, 6.07) is -2.59. The van der Waals surface area contributed by atoms with Crippen molar-refractivity contribution >= 4 is 32.3 Å². The Bertz CT molecular complexity index is 1060. The topological polar surface area (TPSA) is 245 Å². The van der Waals surface area contributed by atoms with Gasteiger partial charge in [0.2, 0.25) is 0 Å². The second kappa shape index (κ2) is 16.1. The fourth-order valence-corrected chi connectivity index (χ4v) is 5.74. The number of aliphatic carboxylic acids is 1. The van der Waals surface area contributed by atoms with E-state index in [4.69, 9.17) is 33.9 Å². The molecule has 0 aromatic carbocycles. The van der Waals surface area contributed by atoms with E-state index < -0.39 is 84.6 Å². The van der Waals surface area contributed by atoms with Crippen molar-refractivity contribution in [1.29, 1.82) is 0 Å². The molecule has 3 fully saturated rings. The largest absolute Gasteiger partial charge is 0.480 e. The van der Waals surface area contributed by atoms with Gasteiger partial charge in [-0.05, 0) is 73.9 Å². The number of esters is 1. The number of methoxy groups -OCH3 is 1. The lowest BCUT2D eigenvalue weighted by atomic mass is 9.78. The molecule has 0 unspecified atom stereocenters. The van der Waals surface area contributed by atoms with Crippen LogP contribution < -0.4 is 5.32 Å². The van der Waals surface area contributed by atoms with Crippen molar-refractivity contribution < 1.29 is 68.7 Å². The molecule has 0 aliphatic carbocycles. The summed E-state index contributed by atoms with van der Waals surface area (Å²) in [5, 5.41) is 70.0. The summed E-state index contributed by atoms with van der Waals surface area (Å²) in [5.41, 5.74) is -5.35. The van der Waals surface area contributed by atoms with Gasteiger partial charge in [0.25, 0.3) is 0 Å². The molecule has 3 aliphatic rings. The first-order valence-electron chi connectivity index (χ1n) is 15.5. The molecule has 1 amide bonds. The average Bonchev–Trinajstić information content (AvgIpc) is 3.42. The number of carbonyl (C=O) groups excluding carboxylic acids is 2. The SMILES string of the molecule is C.COC(=O)[C@H]1N(C(=O)OC(C)(C)C)C[C@H](O)[C@@]1(O)CCCB1OC(C)(C)C(C)(C)O1.O=C(O)[C@H]1NC[C@H](O)[C@@]1(O)CCCB(O)O. The van der Waals surface area contributed by atoms with Gasteiger partial charge in [-0.25, -0.2) is 9.59 Å². The first-order chi connectivity index (χ1) is 20.9. The molecule has 0 aromatic rings. The van der Waals surface area contributed by atoms with E-state index in [-0.39, 0.29) is 46.1 Å². The summed E-state index contributed by atoms with van der Waals surface area (Å²) in [5.74, 6) is -2.04. The molecule has 18 heteroatoms. The molecule has 0 aromatic heterocycles. The van der Waals surface area contributed by atoms with E-state index in [9.17, 15) is 34.8 Å². The van der Waals surface area contributed by atoms with E-state index in [1.54, 1.807) is 20.8 Å². The van der Waals surface area contributed by atoms with Gasteiger partial charge in [0.05, 0.1) is 31.0 Å². The van der Waals surface area contributed by atoms with E-state index >= 15 is 0 Å². The summed E-state index contributed by atoms with van der Waals surface area (Å²) in [7, 11) is -0.778. The van der Waals surface area contributed by atoms with Gasteiger partial charge in [-0.1, -0.05) is 20.3 Å². The first-order valence-corrected chi connectivity index (χ1v) is 15.5. The van der Waals surface area contributed by atoms with Crippen LogP contribution >= 0.6 is 0 Å². The van der Waals surface area contributed by atoms with Gasteiger partial charge in [0.1, 0.15) is 28.9 Å². The third kappa shape index (κ3) is 10.2. The number of rotatable bonds is 10. The van der Waals surface area contributed by atoms with Gasteiger partial charge in [0.15, 0.2) is 6.04 Å². The summed E-state index contributed by atoms with van der Waals surface area (Å²) in [6.07, 6.45) is -2.12. The summed E-state index contributed by atoms with van der Waals surface area (Å²) >= 11 is 0. The Hall–Kier alpha value is -2.02. The Balaban J connectivity index is 0.000000550. The number of carbonyl (C=O) groups is 3. The molecule has 47 heavy (non-hydrogen) atoms. The number of ether oxygens (including phenoxy) is 2. The molecule has 0 spiro atoms. The molecular formula is C29H56B2N2O14. The second-order valence-corrected chi connectivity index (χ2v) is 14.2. The summed E-state index contributed by atoms with van der Waals surface area (Å²) in [4.78, 5) is 36.9. The van der Waals surface area contributed by atoms with E-state index in [1.807, 2.05) is 27.7 Å². The Kier molecular flexibility index (Phi) is 14.8. The molecule has 0 saturated carbocycles. The maximum absolute atomic E-state index is 12.6. The number of nitrogens with one attached hydrogen (secondary N) is 1. The highest BCUT2D eigenvalue weighted by Crippen LogP contribution is 2.40. The second-order valence-electron chi connectivity index (χ2n) is 14.2. The molecule has 3 heterocycles. The van der Waals surface area contributed by atoms with Crippen LogP contribution in [0.25, 0.3) is 0 Å². The summed E-state index contributed by atoms with van der Waals surface area (Å²) in [6.45, 7) is 12.7. The number of carboxylic acids is 1. The number of carboxylic acid groups (broad SMARTS) is 1. The van der Waals surface area contributed by atoms with Crippen molar-refractivity contribution in [2.24, 2.45) is 0 Å². The monoisotopic (exact) mass is 678 g/mol. The average molecular weight is 678 g/mol. The fraction of sp³-hybridized carbons (Fsp3) is 0.897. The Morgan fingerprint density at radius 2 is 1.51 bits per heavy atom. The lowest BCUT2D eigenvalue weighted by Gasteiger charge is -2.33. The van der Waals surface area contributed by atoms with Crippen LogP contribution in [0.1, 0.15) is 81.6 Å². The van der Waals surface area contributed by atoms with E-state index in [1.165, 1.54) is 7.11 Å². The van der Waals surface area contributed by atoms with Crippen molar-refractivity contribution in [2.75, 3.05) is 20.2 Å². The number of hydrogen-bond acceptors (Lipinski definition) is 14. The van der Waals surface area contributed by atoms with Crippen molar-refractivity contribution in [3.63, 3.8) is 0 Å². The van der Waals surface area contributed by atoms with Crippen LogP contribution in [-0.4, -0.2) is 145 Å².